The van der Waals surface area contributed by atoms with Gasteiger partial charge in [0.05, 0.1) is 6.07 Å². The molecule has 1 aliphatic rings. The second-order valence-corrected chi connectivity index (χ2v) is 6.21. The zero-order chi connectivity index (χ0) is 18.3. The summed E-state index contributed by atoms with van der Waals surface area (Å²) in [5, 5.41) is 12.1. The Morgan fingerprint density at radius 2 is 2.08 bits per heavy atom. The molecule has 6 heteroatoms. The number of ether oxygens (including phenoxy) is 1. The van der Waals surface area contributed by atoms with Gasteiger partial charge in [-0.25, -0.2) is 9.18 Å². The van der Waals surface area contributed by atoms with Crippen LogP contribution >= 0.6 is 0 Å². The maximum absolute atomic E-state index is 13.1. The summed E-state index contributed by atoms with van der Waals surface area (Å²) < 4.78 is 18.1. The standard InChI is InChI=1S/C19H21FN2O3/c1-14(18(24)22-19(13-21)10-3-2-4-11-19)25-17(23)9-8-15-6-5-7-16(20)12-15/h5-9,12,14H,2-4,10-11H2,1H3,(H,22,24)/b9-8+/t14-/m0/s1. The van der Waals surface area contributed by atoms with Crippen molar-refractivity contribution in [3.63, 3.8) is 0 Å². The van der Waals surface area contributed by atoms with Crippen LogP contribution in [0.5, 0.6) is 0 Å². The smallest absolute Gasteiger partial charge is 0.331 e. The van der Waals surface area contributed by atoms with Crippen LogP contribution in [0.4, 0.5) is 4.39 Å². The van der Waals surface area contributed by atoms with Crippen molar-refractivity contribution in [1.82, 2.24) is 5.32 Å². The summed E-state index contributed by atoms with van der Waals surface area (Å²) >= 11 is 0. The lowest BCUT2D eigenvalue weighted by Gasteiger charge is -2.32. The van der Waals surface area contributed by atoms with E-state index in [0.29, 0.717) is 18.4 Å². The molecule has 1 aromatic rings. The number of hydrogen-bond donors (Lipinski definition) is 1. The Bertz CT molecular complexity index is 703. The van der Waals surface area contributed by atoms with Gasteiger partial charge in [-0.15, -0.1) is 0 Å². The summed E-state index contributed by atoms with van der Waals surface area (Å²) in [6.07, 6.45) is 5.57. The Morgan fingerprint density at radius 3 is 2.72 bits per heavy atom. The third kappa shape index (κ3) is 5.42. The molecule has 0 aliphatic heterocycles. The molecule has 1 amide bonds. The van der Waals surface area contributed by atoms with Crippen molar-refractivity contribution in [2.75, 3.05) is 0 Å². The summed E-state index contributed by atoms with van der Waals surface area (Å²) in [5.74, 6) is -1.60. The number of carbonyl (C=O) groups is 2. The van der Waals surface area contributed by atoms with E-state index in [0.717, 1.165) is 25.3 Å². The van der Waals surface area contributed by atoms with Crippen LogP contribution in [0.25, 0.3) is 6.08 Å². The van der Waals surface area contributed by atoms with E-state index in [1.165, 1.54) is 31.2 Å². The molecular formula is C19H21FN2O3. The Labute approximate surface area is 146 Å². The molecule has 1 aliphatic carbocycles. The molecule has 0 spiro atoms. The number of esters is 1. The van der Waals surface area contributed by atoms with Crippen LogP contribution < -0.4 is 5.32 Å². The first-order chi connectivity index (χ1) is 11.9. The number of nitrogens with one attached hydrogen (secondary N) is 1. The third-order valence-corrected chi connectivity index (χ3v) is 4.21. The van der Waals surface area contributed by atoms with Gasteiger partial charge in [0.1, 0.15) is 11.4 Å². The quantitative estimate of drug-likeness (QED) is 0.657. The third-order valence-electron chi connectivity index (χ3n) is 4.21. The molecule has 25 heavy (non-hydrogen) atoms. The van der Waals surface area contributed by atoms with E-state index in [-0.39, 0.29) is 0 Å². The predicted octanol–water partition coefficient (Wildman–Crippen LogP) is 3.11. The van der Waals surface area contributed by atoms with Gasteiger partial charge in [-0.2, -0.15) is 5.26 Å². The molecule has 1 aromatic carbocycles. The highest BCUT2D eigenvalue weighted by Crippen LogP contribution is 2.27. The lowest BCUT2D eigenvalue weighted by molar-refractivity contribution is -0.150. The van der Waals surface area contributed by atoms with Crippen LogP contribution in [0.2, 0.25) is 0 Å². The Hall–Kier alpha value is -2.68. The van der Waals surface area contributed by atoms with Crippen molar-refractivity contribution >= 4 is 18.0 Å². The second kappa shape index (κ2) is 8.43. The summed E-state index contributed by atoms with van der Waals surface area (Å²) in [6, 6.07) is 7.94. The Balaban J connectivity index is 1.89. The zero-order valence-electron chi connectivity index (χ0n) is 14.1. The van der Waals surface area contributed by atoms with Crippen LogP contribution in [-0.2, 0) is 14.3 Å². The van der Waals surface area contributed by atoms with Gasteiger partial charge in [-0.1, -0.05) is 31.4 Å². The van der Waals surface area contributed by atoms with Crippen molar-refractivity contribution in [2.45, 2.75) is 50.7 Å². The number of benzene rings is 1. The summed E-state index contributed by atoms with van der Waals surface area (Å²) in [5.41, 5.74) is -0.354. The summed E-state index contributed by atoms with van der Waals surface area (Å²) in [6.45, 7) is 1.46. The summed E-state index contributed by atoms with van der Waals surface area (Å²) in [4.78, 5) is 24.0. The molecule has 1 atom stereocenters. The molecule has 1 N–H and O–H groups in total. The molecule has 1 fully saturated rings. The molecule has 1 saturated carbocycles. The highest BCUT2D eigenvalue weighted by Gasteiger charge is 2.35. The lowest BCUT2D eigenvalue weighted by Crippen LogP contribution is -2.52. The van der Waals surface area contributed by atoms with Gasteiger partial charge in [0, 0.05) is 6.08 Å². The molecule has 132 valence electrons. The fourth-order valence-electron chi connectivity index (χ4n) is 2.80. The molecule has 0 unspecified atom stereocenters. The monoisotopic (exact) mass is 344 g/mol. The zero-order valence-corrected chi connectivity index (χ0v) is 14.1. The van der Waals surface area contributed by atoms with Gasteiger partial charge < -0.3 is 10.1 Å². The van der Waals surface area contributed by atoms with E-state index >= 15 is 0 Å². The van der Waals surface area contributed by atoms with E-state index in [1.54, 1.807) is 6.07 Å². The Kier molecular flexibility index (Phi) is 6.29. The van der Waals surface area contributed by atoms with E-state index < -0.39 is 29.3 Å². The minimum Gasteiger partial charge on any atom is -0.449 e. The minimum atomic E-state index is -1.02. The molecule has 0 saturated heterocycles. The number of hydrogen-bond acceptors (Lipinski definition) is 4. The van der Waals surface area contributed by atoms with Crippen LogP contribution in [0, 0.1) is 17.1 Å². The van der Waals surface area contributed by atoms with Crippen molar-refractivity contribution in [3.8, 4) is 6.07 Å². The molecule has 0 aromatic heterocycles. The van der Waals surface area contributed by atoms with Crippen LogP contribution in [-0.4, -0.2) is 23.5 Å². The van der Waals surface area contributed by atoms with Crippen LogP contribution in [0.3, 0.4) is 0 Å². The van der Waals surface area contributed by atoms with Gasteiger partial charge in [-0.05, 0) is 43.5 Å². The van der Waals surface area contributed by atoms with E-state index in [4.69, 9.17) is 4.74 Å². The number of nitriles is 1. The van der Waals surface area contributed by atoms with E-state index in [1.807, 2.05) is 0 Å². The van der Waals surface area contributed by atoms with Gasteiger partial charge in [0.15, 0.2) is 6.10 Å². The lowest BCUT2D eigenvalue weighted by atomic mass is 9.83. The normalized spacial score (nSPS) is 17.5. The van der Waals surface area contributed by atoms with E-state index in [9.17, 15) is 19.2 Å². The molecule has 0 radical (unpaired) electrons. The van der Waals surface area contributed by atoms with Gasteiger partial charge in [0.2, 0.25) is 0 Å². The fourth-order valence-corrected chi connectivity index (χ4v) is 2.80. The first kappa shape index (κ1) is 18.7. The first-order valence-electron chi connectivity index (χ1n) is 8.32. The fraction of sp³-hybridized carbons (Fsp3) is 0.421. The van der Waals surface area contributed by atoms with Crippen LogP contribution in [0.15, 0.2) is 30.3 Å². The largest absolute Gasteiger partial charge is 0.449 e. The first-order valence-corrected chi connectivity index (χ1v) is 8.32. The topological polar surface area (TPSA) is 79.2 Å². The van der Waals surface area contributed by atoms with Gasteiger partial charge in [-0.3, -0.25) is 4.79 Å². The molecule has 0 heterocycles. The van der Waals surface area contributed by atoms with Gasteiger partial charge in [0.25, 0.3) is 5.91 Å². The number of amides is 1. The van der Waals surface area contributed by atoms with E-state index in [2.05, 4.69) is 11.4 Å². The maximum Gasteiger partial charge on any atom is 0.331 e. The number of rotatable bonds is 5. The van der Waals surface area contributed by atoms with Gasteiger partial charge >= 0.3 is 5.97 Å². The molecule has 0 bridgehead atoms. The van der Waals surface area contributed by atoms with Crippen molar-refractivity contribution < 1.29 is 18.7 Å². The van der Waals surface area contributed by atoms with Crippen molar-refractivity contribution in [2.24, 2.45) is 0 Å². The Morgan fingerprint density at radius 1 is 1.36 bits per heavy atom. The van der Waals surface area contributed by atoms with Crippen molar-refractivity contribution in [3.05, 3.63) is 41.7 Å². The SMILES string of the molecule is C[C@H](OC(=O)/C=C/c1cccc(F)c1)C(=O)NC1(C#N)CCCCC1. The minimum absolute atomic E-state index is 0.405. The van der Waals surface area contributed by atoms with Crippen LogP contribution in [0.1, 0.15) is 44.6 Å². The maximum atomic E-state index is 13.1. The molecular weight excluding hydrogens is 323 g/mol. The number of carbonyl (C=O) groups excluding carboxylic acids is 2. The molecule has 2 rings (SSSR count). The van der Waals surface area contributed by atoms with Crippen molar-refractivity contribution in [1.29, 1.82) is 5.26 Å². The highest BCUT2D eigenvalue weighted by atomic mass is 19.1. The predicted molar refractivity (Wildman–Crippen MR) is 90.6 cm³/mol. The number of halogens is 1. The average molecular weight is 344 g/mol. The summed E-state index contributed by atoms with van der Waals surface area (Å²) in [7, 11) is 0. The second-order valence-electron chi connectivity index (χ2n) is 6.21. The molecule has 5 nitrogen and oxygen atoms in total. The highest BCUT2D eigenvalue weighted by molar-refractivity contribution is 5.90. The number of nitrogens with zero attached hydrogens (tertiary/aromatic N) is 1. The average Bonchev–Trinajstić information content (AvgIpc) is 2.60.